The molecule has 2 aromatic rings. The Kier molecular flexibility index (Phi) is 5.74. The van der Waals surface area contributed by atoms with Gasteiger partial charge in [-0.25, -0.2) is 0 Å². The number of aromatic nitrogens is 1. The fourth-order valence-corrected chi connectivity index (χ4v) is 4.96. The SMILES string of the molecule is N#Cc1ccc(N2CCC3(CC2)CN(C(=O)c2cccnc2)CC3C(N)=O)cc1C(F)(F)F. The van der Waals surface area contributed by atoms with Crippen LogP contribution in [0.3, 0.4) is 0 Å². The maximum atomic E-state index is 13.4. The number of hydrogen-bond donors (Lipinski definition) is 1. The summed E-state index contributed by atoms with van der Waals surface area (Å²) in [5, 5.41) is 9.01. The summed E-state index contributed by atoms with van der Waals surface area (Å²) in [5.41, 5.74) is 4.57. The summed E-state index contributed by atoms with van der Waals surface area (Å²) in [6.07, 6.45) is -0.596. The Hall–Kier alpha value is -3.61. The normalized spacial score (nSPS) is 20.0. The highest BCUT2D eigenvalue weighted by atomic mass is 19.4. The number of piperidine rings is 1. The number of anilines is 1. The Morgan fingerprint density at radius 3 is 2.52 bits per heavy atom. The van der Waals surface area contributed by atoms with E-state index in [4.69, 9.17) is 11.0 Å². The topological polar surface area (TPSA) is 103 Å². The predicted octanol–water partition coefficient (Wildman–Crippen LogP) is 2.82. The molecule has 0 bridgehead atoms. The number of carbonyl (C=O) groups is 2. The lowest BCUT2D eigenvalue weighted by Gasteiger charge is -2.42. The van der Waals surface area contributed by atoms with Crippen LogP contribution in [0, 0.1) is 22.7 Å². The Morgan fingerprint density at radius 1 is 1.21 bits per heavy atom. The van der Waals surface area contributed by atoms with Crippen molar-refractivity contribution in [2.45, 2.75) is 19.0 Å². The van der Waals surface area contributed by atoms with E-state index in [9.17, 15) is 22.8 Å². The molecule has 2 aliphatic rings. The lowest BCUT2D eigenvalue weighted by molar-refractivity contribution is -0.137. The van der Waals surface area contributed by atoms with Crippen LogP contribution >= 0.6 is 0 Å². The van der Waals surface area contributed by atoms with E-state index in [1.165, 1.54) is 18.3 Å². The van der Waals surface area contributed by atoms with Gasteiger partial charge in [0.1, 0.15) is 0 Å². The van der Waals surface area contributed by atoms with Gasteiger partial charge in [0.25, 0.3) is 5.91 Å². The summed E-state index contributed by atoms with van der Waals surface area (Å²) < 4.78 is 40.1. The zero-order valence-corrected chi connectivity index (χ0v) is 17.7. The number of carbonyl (C=O) groups excluding carboxylic acids is 2. The van der Waals surface area contributed by atoms with Crippen LogP contribution in [0.1, 0.15) is 34.3 Å². The van der Waals surface area contributed by atoms with Gasteiger partial charge in [0.2, 0.25) is 5.91 Å². The molecule has 172 valence electrons. The number of alkyl halides is 3. The minimum absolute atomic E-state index is 0.206. The maximum Gasteiger partial charge on any atom is 0.417 e. The number of amides is 2. The van der Waals surface area contributed by atoms with Crippen LogP contribution in [-0.2, 0) is 11.0 Å². The number of hydrogen-bond acceptors (Lipinski definition) is 5. The van der Waals surface area contributed by atoms with Gasteiger partial charge in [0, 0.05) is 49.7 Å². The first-order valence-electron chi connectivity index (χ1n) is 10.5. The second-order valence-electron chi connectivity index (χ2n) is 8.57. The van der Waals surface area contributed by atoms with Gasteiger partial charge in [-0.15, -0.1) is 0 Å². The first kappa shape index (κ1) is 22.6. The fourth-order valence-electron chi connectivity index (χ4n) is 4.96. The highest BCUT2D eigenvalue weighted by Gasteiger charge is 2.52. The molecule has 1 aromatic heterocycles. The van der Waals surface area contributed by atoms with Crippen molar-refractivity contribution in [2.75, 3.05) is 31.1 Å². The standard InChI is InChI=1S/C23H22F3N5O2/c24-23(25,26)18-10-17(4-3-15(18)11-27)30-8-5-22(6-9-30)14-31(13-19(22)20(28)32)21(33)16-2-1-7-29-12-16/h1-4,7,10,12,19H,5-6,8-9,13-14H2,(H2,28,32). The zero-order valence-electron chi connectivity index (χ0n) is 17.7. The third-order valence-electron chi connectivity index (χ3n) is 6.74. The van der Waals surface area contributed by atoms with Crippen molar-refractivity contribution in [3.05, 3.63) is 59.4 Å². The van der Waals surface area contributed by atoms with E-state index in [2.05, 4.69) is 4.98 Å². The van der Waals surface area contributed by atoms with Gasteiger partial charge < -0.3 is 15.5 Å². The molecule has 2 fully saturated rings. The van der Waals surface area contributed by atoms with Gasteiger partial charge in [-0.1, -0.05) is 0 Å². The average Bonchev–Trinajstić information content (AvgIpc) is 3.18. The quantitative estimate of drug-likeness (QED) is 0.764. The van der Waals surface area contributed by atoms with Crippen LogP contribution in [0.15, 0.2) is 42.7 Å². The molecule has 3 heterocycles. The highest BCUT2D eigenvalue weighted by molar-refractivity contribution is 5.94. The van der Waals surface area contributed by atoms with E-state index in [0.29, 0.717) is 43.7 Å². The van der Waals surface area contributed by atoms with Crippen molar-refractivity contribution in [3.63, 3.8) is 0 Å². The average molecular weight is 457 g/mol. The third-order valence-corrected chi connectivity index (χ3v) is 6.74. The van der Waals surface area contributed by atoms with Crippen molar-refractivity contribution in [1.29, 1.82) is 5.26 Å². The number of rotatable bonds is 3. The van der Waals surface area contributed by atoms with E-state index in [0.717, 1.165) is 6.07 Å². The summed E-state index contributed by atoms with van der Waals surface area (Å²) in [5.74, 6) is -1.25. The van der Waals surface area contributed by atoms with Crippen LogP contribution < -0.4 is 10.6 Å². The van der Waals surface area contributed by atoms with Crippen LogP contribution in [0.5, 0.6) is 0 Å². The van der Waals surface area contributed by atoms with Crippen LogP contribution in [0.2, 0.25) is 0 Å². The predicted molar refractivity (Wildman–Crippen MR) is 113 cm³/mol. The van der Waals surface area contributed by atoms with E-state index in [1.54, 1.807) is 29.3 Å². The number of halogens is 3. The zero-order chi connectivity index (χ0) is 23.8. The lowest BCUT2D eigenvalue weighted by atomic mass is 9.70. The van der Waals surface area contributed by atoms with Crippen molar-refractivity contribution in [1.82, 2.24) is 9.88 Å². The number of primary amides is 1. The first-order chi connectivity index (χ1) is 15.6. The van der Waals surface area contributed by atoms with Crippen molar-refractivity contribution in [3.8, 4) is 6.07 Å². The van der Waals surface area contributed by atoms with E-state index in [1.807, 2.05) is 4.90 Å². The number of nitriles is 1. The number of likely N-dealkylation sites (tertiary alicyclic amines) is 1. The third kappa shape index (κ3) is 4.23. The number of pyridine rings is 1. The summed E-state index contributed by atoms with van der Waals surface area (Å²) >= 11 is 0. The molecular formula is C23H22F3N5O2. The summed E-state index contributed by atoms with van der Waals surface area (Å²) in [7, 11) is 0. The molecule has 2 N–H and O–H groups in total. The molecule has 4 rings (SSSR count). The fraction of sp³-hybridized carbons (Fsp3) is 0.391. The molecule has 33 heavy (non-hydrogen) atoms. The number of nitrogens with two attached hydrogens (primary N) is 1. The molecule has 1 atom stereocenters. The van der Waals surface area contributed by atoms with Crippen LogP contribution in [-0.4, -0.2) is 47.9 Å². The molecule has 1 spiro atoms. The molecule has 10 heteroatoms. The molecule has 1 unspecified atom stereocenters. The van der Waals surface area contributed by atoms with Gasteiger partial charge in [-0.2, -0.15) is 18.4 Å². The van der Waals surface area contributed by atoms with E-state index < -0.39 is 34.5 Å². The summed E-state index contributed by atoms with van der Waals surface area (Å²) in [4.78, 5) is 32.6. The van der Waals surface area contributed by atoms with E-state index in [-0.39, 0.29) is 12.5 Å². The second kappa shape index (κ2) is 8.39. The largest absolute Gasteiger partial charge is 0.417 e. The molecule has 2 saturated heterocycles. The Morgan fingerprint density at radius 2 is 1.94 bits per heavy atom. The number of benzene rings is 1. The summed E-state index contributed by atoms with van der Waals surface area (Å²) in [6, 6.07) is 8.59. The molecule has 0 saturated carbocycles. The van der Waals surface area contributed by atoms with Gasteiger partial charge in [-0.05, 0) is 43.2 Å². The minimum Gasteiger partial charge on any atom is -0.371 e. The van der Waals surface area contributed by atoms with Crippen molar-refractivity contribution >= 4 is 17.5 Å². The second-order valence-corrected chi connectivity index (χ2v) is 8.57. The molecule has 0 radical (unpaired) electrons. The minimum atomic E-state index is -4.63. The van der Waals surface area contributed by atoms with E-state index >= 15 is 0 Å². The van der Waals surface area contributed by atoms with Crippen LogP contribution in [0.25, 0.3) is 0 Å². The molecule has 2 amide bonds. The van der Waals surface area contributed by atoms with Crippen LogP contribution in [0.4, 0.5) is 18.9 Å². The maximum absolute atomic E-state index is 13.4. The van der Waals surface area contributed by atoms with Gasteiger partial charge in [0.05, 0.1) is 28.7 Å². The van der Waals surface area contributed by atoms with Gasteiger partial charge >= 0.3 is 6.18 Å². The van der Waals surface area contributed by atoms with Gasteiger partial charge in [-0.3, -0.25) is 14.6 Å². The van der Waals surface area contributed by atoms with Crippen molar-refractivity contribution in [2.24, 2.45) is 17.1 Å². The molecule has 7 nitrogen and oxygen atoms in total. The smallest absolute Gasteiger partial charge is 0.371 e. The highest BCUT2D eigenvalue weighted by Crippen LogP contribution is 2.46. The monoisotopic (exact) mass is 457 g/mol. The Bertz CT molecular complexity index is 1110. The lowest BCUT2D eigenvalue weighted by Crippen LogP contribution is -2.47. The molecule has 0 aliphatic carbocycles. The first-order valence-corrected chi connectivity index (χ1v) is 10.5. The Balaban J connectivity index is 1.53. The molecule has 1 aromatic carbocycles. The van der Waals surface area contributed by atoms with Crippen molar-refractivity contribution < 1.29 is 22.8 Å². The summed E-state index contributed by atoms with van der Waals surface area (Å²) in [6.45, 7) is 1.37. The molecular weight excluding hydrogens is 435 g/mol. The van der Waals surface area contributed by atoms with Gasteiger partial charge in [0.15, 0.2) is 0 Å². The number of nitrogens with zero attached hydrogens (tertiary/aromatic N) is 4. The Labute approximate surface area is 188 Å². The molecule has 2 aliphatic heterocycles.